The van der Waals surface area contributed by atoms with Crippen LogP contribution in [-0.4, -0.2) is 38.8 Å². The van der Waals surface area contributed by atoms with Gasteiger partial charge in [-0.1, -0.05) is 41.9 Å². The third kappa shape index (κ3) is 6.31. The molecule has 0 bridgehead atoms. The lowest BCUT2D eigenvalue weighted by molar-refractivity contribution is 0.477. The molecule has 0 aliphatic carbocycles. The van der Waals surface area contributed by atoms with Gasteiger partial charge in [-0.3, -0.25) is 4.99 Å². The number of hydrogen-bond acceptors (Lipinski definition) is 3. The number of guanidine groups is 1. The Kier molecular flexibility index (Phi) is 9.19. The van der Waals surface area contributed by atoms with Gasteiger partial charge in [0.15, 0.2) is 5.96 Å². The van der Waals surface area contributed by atoms with Crippen molar-refractivity contribution < 1.29 is 8.42 Å². The van der Waals surface area contributed by atoms with Crippen LogP contribution >= 0.6 is 35.6 Å². The Hall–Kier alpha value is -1.36. The van der Waals surface area contributed by atoms with E-state index in [1.165, 1.54) is 0 Å². The number of benzene rings is 2. The van der Waals surface area contributed by atoms with E-state index in [1.807, 2.05) is 36.4 Å². The van der Waals surface area contributed by atoms with Gasteiger partial charge in [-0.2, -0.15) is 4.31 Å². The summed E-state index contributed by atoms with van der Waals surface area (Å²) < 4.78 is 26.7. The highest BCUT2D eigenvalue weighted by molar-refractivity contribution is 14.0. The number of hydrogen-bond donors (Lipinski definition) is 2. The Bertz CT molecular complexity index is 930. The normalized spacial score (nSPS) is 15.0. The van der Waals surface area contributed by atoms with Gasteiger partial charge < -0.3 is 10.6 Å². The number of nitrogens with one attached hydrogen (secondary N) is 2. The molecule has 1 aliphatic rings. The van der Waals surface area contributed by atoms with Crippen LogP contribution in [0.4, 0.5) is 0 Å². The molecular weight excluding hydrogens is 523 g/mol. The molecule has 0 atom stereocenters. The molecule has 6 nitrogen and oxygen atoms in total. The topological polar surface area (TPSA) is 73.8 Å². The first kappa shape index (κ1) is 23.9. The Labute approximate surface area is 194 Å². The van der Waals surface area contributed by atoms with E-state index in [4.69, 9.17) is 11.6 Å². The fraction of sp³-hybridized carbons (Fsp3) is 0.350. The van der Waals surface area contributed by atoms with Gasteiger partial charge in [0.05, 0.1) is 4.90 Å². The molecule has 1 aliphatic heterocycles. The molecule has 2 aromatic carbocycles. The number of aliphatic imine (C=N–C) groups is 1. The molecule has 2 aromatic rings. The summed E-state index contributed by atoms with van der Waals surface area (Å²) in [5, 5.41) is 7.15. The lowest BCUT2D eigenvalue weighted by Crippen LogP contribution is -2.36. The average molecular weight is 549 g/mol. The van der Waals surface area contributed by atoms with Crippen molar-refractivity contribution in [2.45, 2.75) is 30.8 Å². The largest absolute Gasteiger partial charge is 0.352 e. The zero-order valence-corrected chi connectivity index (χ0v) is 20.2. The summed E-state index contributed by atoms with van der Waals surface area (Å²) >= 11 is 6.17. The van der Waals surface area contributed by atoms with Crippen LogP contribution < -0.4 is 10.6 Å². The van der Waals surface area contributed by atoms with Crippen molar-refractivity contribution in [2.75, 3.05) is 20.1 Å². The van der Waals surface area contributed by atoms with E-state index in [2.05, 4.69) is 15.6 Å². The molecule has 0 saturated carbocycles. The predicted octanol–water partition coefficient (Wildman–Crippen LogP) is 3.61. The smallest absolute Gasteiger partial charge is 0.243 e. The zero-order chi connectivity index (χ0) is 20.0. The second kappa shape index (κ2) is 11.1. The van der Waals surface area contributed by atoms with Gasteiger partial charge in [0.25, 0.3) is 0 Å². The molecule has 0 unspecified atom stereocenters. The maximum absolute atomic E-state index is 12.6. The summed E-state index contributed by atoms with van der Waals surface area (Å²) in [4.78, 5) is 4.55. The highest BCUT2D eigenvalue weighted by Gasteiger charge is 2.26. The SMILES string of the molecule is CN=C(NCc1ccc(S(=O)(=O)N2CCCC2)cc1)NCc1ccccc1Cl.I. The maximum Gasteiger partial charge on any atom is 0.243 e. The van der Waals surface area contributed by atoms with E-state index in [-0.39, 0.29) is 24.0 Å². The third-order valence-corrected chi connectivity index (χ3v) is 7.00. The first-order valence-electron chi connectivity index (χ1n) is 9.28. The predicted molar refractivity (Wildman–Crippen MR) is 128 cm³/mol. The summed E-state index contributed by atoms with van der Waals surface area (Å²) in [5.74, 6) is 0.647. The quantitative estimate of drug-likeness (QED) is 0.329. The van der Waals surface area contributed by atoms with E-state index in [0.717, 1.165) is 24.0 Å². The summed E-state index contributed by atoms with van der Waals surface area (Å²) in [6, 6.07) is 14.7. The second-order valence-electron chi connectivity index (χ2n) is 6.63. The summed E-state index contributed by atoms with van der Waals surface area (Å²) in [5.41, 5.74) is 1.96. The molecule has 1 fully saturated rings. The van der Waals surface area contributed by atoms with Gasteiger partial charge in [-0.05, 0) is 42.2 Å². The van der Waals surface area contributed by atoms with Crippen LogP contribution in [0.5, 0.6) is 0 Å². The lowest BCUT2D eigenvalue weighted by atomic mass is 10.2. The van der Waals surface area contributed by atoms with Crippen LogP contribution in [0.15, 0.2) is 58.4 Å². The van der Waals surface area contributed by atoms with Crippen molar-refractivity contribution in [3.05, 3.63) is 64.7 Å². The Morgan fingerprint density at radius 2 is 1.66 bits per heavy atom. The Balaban J connectivity index is 0.00000300. The number of halogens is 2. The Morgan fingerprint density at radius 3 is 2.28 bits per heavy atom. The van der Waals surface area contributed by atoms with Gasteiger partial charge in [0.2, 0.25) is 10.0 Å². The van der Waals surface area contributed by atoms with Crippen LogP contribution in [-0.2, 0) is 23.1 Å². The maximum atomic E-state index is 12.6. The molecule has 9 heteroatoms. The van der Waals surface area contributed by atoms with Crippen molar-refractivity contribution in [1.29, 1.82) is 0 Å². The highest BCUT2D eigenvalue weighted by atomic mass is 127. The number of rotatable bonds is 6. The minimum Gasteiger partial charge on any atom is -0.352 e. The second-order valence-corrected chi connectivity index (χ2v) is 8.97. The summed E-state index contributed by atoms with van der Waals surface area (Å²) in [7, 11) is -1.67. The molecule has 0 radical (unpaired) electrons. The lowest BCUT2D eigenvalue weighted by Gasteiger charge is -2.16. The minimum atomic E-state index is -3.37. The molecule has 2 N–H and O–H groups in total. The van der Waals surface area contributed by atoms with Crippen molar-refractivity contribution in [2.24, 2.45) is 4.99 Å². The standard InChI is InChI=1S/C20H25ClN4O2S.HI/c1-22-20(24-15-17-6-2-3-7-19(17)21)23-14-16-8-10-18(11-9-16)28(26,27)25-12-4-5-13-25;/h2-3,6-11H,4-5,12-15H2,1H3,(H2,22,23,24);1H. The van der Waals surface area contributed by atoms with Crippen LogP contribution in [0.1, 0.15) is 24.0 Å². The fourth-order valence-electron chi connectivity index (χ4n) is 3.08. The van der Waals surface area contributed by atoms with Crippen molar-refractivity contribution in [3.63, 3.8) is 0 Å². The van der Waals surface area contributed by atoms with Gasteiger partial charge in [0.1, 0.15) is 0 Å². The van der Waals surface area contributed by atoms with Crippen LogP contribution in [0.2, 0.25) is 5.02 Å². The van der Waals surface area contributed by atoms with Gasteiger partial charge >= 0.3 is 0 Å². The third-order valence-electron chi connectivity index (χ3n) is 4.71. The monoisotopic (exact) mass is 548 g/mol. The van der Waals surface area contributed by atoms with E-state index >= 15 is 0 Å². The molecule has 158 valence electrons. The van der Waals surface area contributed by atoms with Crippen molar-refractivity contribution in [1.82, 2.24) is 14.9 Å². The fourth-order valence-corrected chi connectivity index (χ4v) is 4.80. The highest BCUT2D eigenvalue weighted by Crippen LogP contribution is 2.21. The minimum absolute atomic E-state index is 0. The van der Waals surface area contributed by atoms with Gasteiger partial charge in [0, 0.05) is 38.2 Å². The van der Waals surface area contributed by atoms with E-state index in [0.29, 0.717) is 42.1 Å². The summed E-state index contributed by atoms with van der Waals surface area (Å²) in [6.45, 7) is 2.32. The molecular formula is C20H26ClIN4O2S. The molecule has 3 rings (SSSR count). The van der Waals surface area contributed by atoms with E-state index in [1.54, 1.807) is 23.5 Å². The van der Waals surface area contributed by atoms with Crippen molar-refractivity contribution in [3.8, 4) is 0 Å². The molecule has 0 amide bonds. The molecule has 1 saturated heterocycles. The molecule has 0 aromatic heterocycles. The first-order chi connectivity index (χ1) is 13.5. The molecule has 1 heterocycles. The average Bonchev–Trinajstić information content (AvgIpc) is 3.25. The molecule has 29 heavy (non-hydrogen) atoms. The van der Waals surface area contributed by atoms with Gasteiger partial charge in [-0.25, -0.2) is 8.42 Å². The van der Waals surface area contributed by atoms with Crippen LogP contribution in [0.25, 0.3) is 0 Å². The zero-order valence-electron chi connectivity index (χ0n) is 16.3. The first-order valence-corrected chi connectivity index (χ1v) is 11.1. The van der Waals surface area contributed by atoms with E-state index in [9.17, 15) is 8.42 Å². The molecule has 0 spiro atoms. The van der Waals surface area contributed by atoms with Crippen LogP contribution in [0.3, 0.4) is 0 Å². The van der Waals surface area contributed by atoms with Crippen molar-refractivity contribution >= 4 is 51.6 Å². The number of sulfonamides is 1. The number of nitrogens with zero attached hydrogens (tertiary/aromatic N) is 2. The Morgan fingerprint density at radius 1 is 1.03 bits per heavy atom. The summed E-state index contributed by atoms with van der Waals surface area (Å²) in [6.07, 6.45) is 1.86. The van der Waals surface area contributed by atoms with Gasteiger partial charge in [-0.15, -0.1) is 24.0 Å². The van der Waals surface area contributed by atoms with E-state index < -0.39 is 10.0 Å². The van der Waals surface area contributed by atoms with Crippen LogP contribution in [0, 0.1) is 0 Å².